The van der Waals surface area contributed by atoms with Crippen LogP contribution in [-0.4, -0.2) is 0 Å². The minimum absolute atomic E-state index is 0.542. The molecule has 0 aromatic heterocycles. The number of hydrogen-bond donors (Lipinski definition) is 1. The van der Waals surface area contributed by atoms with E-state index in [0.29, 0.717) is 5.88 Å². The monoisotopic (exact) mass is 57.0 g/mol. The van der Waals surface area contributed by atoms with Gasteiger partial charge in [0.25, 0.3) is 0 Å². The second-order valence-corrected chi connectivity index (χ2v) is 0.638. The summed E-state index contributed by atoms with van der Waals surface area (Å²) in [5.74, 6) is 0.542. The van der Waals surface area contributed by atoms with Crippen LogP contribution in [0.15, 0.2) is 12.1 Å². The summed E-state index contributed by atoms with van der Waals surface area (Å²) in [6.07, 6.45) is 1.49. The van der Waals surface area contributed by atoms with Crippen molar-refractivity contribution in [1.82, 2.24) is 0 Å². The molecule has 0 radical (unpaired) electrons. The van der Waals surface area contributed by atoms with Crippen LogP contribution < -0.4 is 5.73 Å². The Labute approximate surface area is 23.9 Å². The highest BCUT2D eigenvalue weighted by Gasteiger charge is 1.97. The lowest BCUT2D eigenvalue weighted by Crippen LogP contribution is -1.77. The van der Waals surface area contributed by atoms with Gasteiger partial charge in [-0.25, -0.2) is 0 Å². The molecule has 0 saturated carbocycles. The second-order valence-electron chi connectivity index (χ2n) is 0.638. The van der Waals surface area contributed by atoms with Gasteiger partial charge in [-0.05, 0) is 0 Å². The average Bonchev–Trinajstić information content (AvgIpc) is 1.75. The van der Waals surface area contributed by atoms with Crippen molar-refractivity contribution in [1.29, 1.82) is 0 Å². The summed E-state index contributed by atoms with van der Waals surface area (Å²) >= 11 is 0. The fraction of sp³-hybridized carbons (Fsp3) is 0. The van der Waals surface area contributed by atoms with Crippen LogP contribution in [0, 0.1) is 0 Å². The normalized spacial score (nSPS) is 17.5. The lowest BCUT2D eigenvalue weighted by atomic mass is 11.1. The van der Waals surface area contributed by atoms with Crippen molar-refractivity contribution in [2.24, 2.45) is 5.73 Å². The molecule has 2 nitrogen and oxygen atoms in total. The maximum absolute atomic E-state index is 4.86. The summed E-state index contributed by atoms with van der Waals surface area (Å²) in [7, 11) is 0. The zero-order valence-corrected chi connectivity index (χ0v) is 2.06. The van der Waals surface area contributed by atoms with Crippen LogP contribution in [0.25, 0.3) is 0 Å². The Balaban J connectivity index is 2.54. The number of ether oxygens (including phenoxy) is 1. The Hall–Kier alpha value is -0.660. The first kappa shape index (κ1) is 1.64. The van der Waals surface area contributed by atoms with E-state index in [2.05, 4.69) is 4.74 Å². The van der Waals surface area contributed by atoms with Crippen LogP contribution in [0.3, 0.4) is 0 Å². The summed E-state index contributed by atoms with van der Waals surface area (Å²) in [4.78, 5) is 0. The molecule has 0 aliphatic carbocycles. The first-order valence-electron chi connectivity index (χ1n) is 1.02. The Kier molecular flexibility index (Phi) is 0.0914. The summed E-state index contributed by atoms with van der Waals surface area (Å²) in [6, 6.07) is 0. The third-order valence-corrected chi connectivity index (χ3v) is 0.254. The maximum atomic E-state index is 4.86. The van der Waals surface area contributed by atoms with Crippen LogP contribution in [0.4, 0.5) is 0 Å². The molecule has 0 unspecified atom stereocenters. The van der Waals surface area contributed by atoms with Crippen LogP contribution in [0.1, 0.15) is 0 Å². The average molecular weight is 57.1 g/mol. The van der Waals surface area contributed by atoms with Gasteiger partial charge in [0.05, 0.1) is 0 Å². The molecule has 2 heteroatoms. The van der Waals surface area contributed by atoms with Crippen molar-refractivity contribution in [3.8, 4) is 0 Å². The molecule has 4 heavy (non-hydrogen) atoms. The predicted octanol–water partition coefficient (Wildman–Crippen LogP) is -0.226. The molecule has 0 fully saturated rings. The standard InChI is InChI=1S/C2H3NO/c3-2-1-4-2/h1H,3H2. The molecule has 0 atom stereocenters. The second kappa shape index (κ2) is 0.223. The van der Waals surface area contributed by atoms with E-state index in [0.717, 1.165) is 0 Å². The molecule has 22 valence electrons. The van der Waals surface area contributed by atoms with Crippen molar-refractivity contribution < 1.29 is 4.74 Å². The summed E-state index contributed by atoms with van der Waals surface area (Å²) in [5.41, 5.74) is 4.86. The molecule has 1 rings (SSSR count). The van der Waals surface area contributed by atoms with E-state index in [1.807, 2.05) is 0 Å². The molecule has 0 spiro atoms. The van der Waals surface area contributed by atoms with Crippen molar-refractivity contribution >= 4 is 0 Å². The van der Waals surface area contributed by atoms with Gasteiger partial charge in [-0.1, -0.05) is 0 Å². The smallest absolute Gasteiger partial charge is 0.225 e. The van der Waals surface area contributed by atoms with E-state index in [4.69, 9.17) is 5.73 Å². The quantitative estimate of drug-likeness (QED) is 0.417. The lowest BCUT2D eigenvalue weighted by Gasteiger charge is -1.56. The first-order chi connectivity index (χ1) is 1.89. The van der Waals surface area contributed by atoms with E-state index in [-0.39, 0.29) is 0 Å². The largest absolute Gasteiger partial charge is 0.441 e. The lowest BCUT2D eigenvalue weighted by molar-refractivity contribution is 0.497. The fourth-order valence-electron chi connectivity index (χ4n) is 0.0340. The van der Waals surface area contributed by atoms with Crippen LogP contribution >= 0.6 is 0 Å². The molecule has 2 N–H and O–H groups in total. The maximum Gasteiger partial charge on any atom is 0.225 e. The van der Waals surface area contributed by atoms with Crippen LogP contribution in [0.2, 0.25) is 0 Å². The molecule has 1 aliphatic rings. The van der Waals surface area contributed by atoms with E-state index in [9.17, 15) is 0 Å². The van der Waals surface area contributed by atoms with E-state index in [1.165, 1.54) is 6.26 Å². The van der Waals surface area contributed by atoms with Crippen molar-refractivity contribution in [2.45, 2.75) is 0 Å². The zero-order chi connectivity index (χ0) is 2.99. The van der Waals surface area contributed by atoms with Gasteiger partial charge < -0.3 is 10.5 Å². The molecule has 0 bridgehead atoms. The molecule has 0 amide bonds. The number of rotatable bonds is 0. The minimum atomic E-state index is 0.542. The van der Waals surface area contributed by atoms with Crippen molar-refractivity contribution in [3.05, 3.63) is 12.1 Å². The minimum Gasteiger partial charge on any atom is -0.441 e. The van der Waals surface area contributed by atoms with Crippen LogP contribution in [-0.2, 0) is 4.74 Å². The molecule has 1 heterocycles. The molecular formula is C2H3NO. The third kappa shape index (κ3) is 0.0283. The summed E-state index contributed by atoms with van der Waals surface area (Å²) in [5, 5.41) is 0. The highest BCUT2D eigenvalue weighted by molar-refractivity contribution is 4.94. The first-order valence-corrected chi connectivity index (χ1v) is 1.02. The molecule has 0 aromatic carbocycles. The Morgan fingerprint density at radius 3 is 2.25 bits per heavy atom. The van der Waals surface area contributed by atoms with Gasteiger partial charge >= 0.3 is 0 Å². The number of hydrogen-bond acceptors (Lipinski definition) is 2. The molecule has 0 saturated heterocycles. The summed E-state index contributed by atoms with van der Waals surface area (Å²) in [6.45, 7) is 0. The van der Waals surface area contributed by atoms with E-state index < -0.39 is 0 Å². The topological polar surface area (TPSA) is 38.5 Å². The van der Waals surface area contributed by atoms with Crippen LogP contribution in [0.5, 0.6) is 0 Å². The predicted molar refractivity (Wildman–Crippen MR) is 13.4 cm³/mol. The highest BCUT2D eigenvalue weighted by Crippen LogP contribution is 2.00. The van der Waals surface area contributed by atoms with E-state index >= 15 is 0 Å². The molecule has 1 aliphatic heterocycles. The summed E-state index contributed by atoms with van der Waals surface area (Å²) < 4.78 is 4.28. The highest BCUT2D eigenvalue weighted by atomic mass is 16.6. The van der Waals surface area contributed by atoms with Crippen molar-refractivity contribution in [3.63, 3.8) is 0 Å². The van der Waals surface area contributed by atoms with Crippen molar-refractivity contribution in [2.75, 3.05) is 0 Å². The van der Waals surface area contributed by atoms with Gasteiger partial charge in [-0.3, -0.25) is 0 Å². The fourth-order valence-corrected chi connectivity index (χ4v) is 0.0340. The van der Waals surface area contributed by atoms with Gasteiger partial charge in [-0.2, -0.15) is 0 Å². The SMILES string of the molecule is NC1=CO1. The molecular weight excluding hydrogens is 54.0 g/mol. The van der Waals surface area contributed by atoms with Gasteiger partial charge in [0, 0.05) is 0 Å². The van der Waals surface area contributed by atoms with Gasteiger partial charge in [0.15, 0.2) is 6.26 Å². The van der Waals surface area contributed by atoms with Gasteiger partial charge in [-0.15, -0.1) is 0 Å². The van der Waals surface area contributed by atoms with Gasteiger partial charge in [0.2, 0.25) is 5.88 Å². The number of nitrogens with two attached hydrogens (primary N) is 1. The molecule has 0 aromatic rings. The van der Waals surface area contributed by atoms with Gasteiger partial charge in [0.1, 0.15) is 0 Å². The Bertz CT molecular complexity index is 57.1. The Morgan fingerprint density at radius 2 is 2.25 bits per heavy atom. The third-order valence-electron chi connectivity index (χ3n) is 0.254. The Morgan fingerprint density at radius 1 is 2.00 bits per heavy atom. The zero-order valence-electron chi connectivity index (χ0n) is 2.06. The van der Waals surface area contributed by atoms with E-state index in [1.54, 1.807) is 0 Å².